The minimum Gasteiger partial charge on any atom is -0.493 e. The summed E-state index contributed by atoms with van der Waals surface area (Å²) in [5.41, 5.74) is 8.04. The summed E-state index contributed by atoms with van der Waals surface area (Å²) in [6.45, 7) is 1.91. The molecule has 1 fully saturated rings. The number of benzene rings is 1. The molecule has 1 aliphatic carbocycles. The Morgan fingerprint density at radius 3 is 2.82 bits per heavy atom. The summed E-state index contributed by atoms with van der Waals surface area (Å²) >= 11 is 0. The molecule has 0 atom stereocenters. The molecule has 1 aliphatic heterocycles. The Morgan fingerprint density at radius 2 is 2.09 bits per heavy atom. The average Bonchev–Trinajstić information content (AvgIpc) is 3.15. The highest BCUT2D eigenvalue weighted by Gasteiger charge is 2.26. The molecule has 1 amide bonds. The smallest absolute Gasteiger partial charge is 0.224 e. The maximum atomic E-state index is 12.4. The third kappa shape index (κ3) is 3.73. The van der Waals surface area contributed by atoms with E-state index < -0.39 is 0 Å². The highest BCUT2D eigenvalue weighted by molar-refractivity contribution is 5.85. The first-order valence-electron chi connectivity index (χ1n) is 8.02. The highest BCUT2D eigenvalue weighted by Crippen LogP contribution is 2.29. The van der Waals surface area contributed by atoms with E-state index in [0.717, 1.165) is 31.6 Å². The molecule has 0 bridgehead atoms. The van der Waals surface area contributed by atoms with E-state index >= 15 is 0 Å². The molecule has 1 aromatic rings. The van der Waals surface area contributed by atoms with Gasteiger partial charge in [0.2, 0.25) is 5.91 Å². The van der Waals surface area contributed by atoms with Gasteiger partial charge in [0.05, 0.1) is 6.61 Å². The number of rotatable bonds is 5. The maximum Gasteiger partial charge on any atom is 0.224 e. The first-order valence-corrected chi connectivity index (χ1v) is 8.02. The van der Waals surface area contributed by atoms with Crippen molar-refractivity contribution in [2.75, 3.05) is 13.2 Å². The van der Waals surface area contributed by atoms with Gasteiger partial charge < -0.3 is 15.4 Å². The molecule has 0 spiro atoms. The Bertz CT molecular complexity index is 515. The minimum absolute atomic E-state index is 0. The van der Waals surface area contributed by atoms with Crippen molar-refractivity contribution in [3.63, 3.8) is 0 Å². The number of halogens is 1. The lowest BCUT2D eigenvalue weighted by atomic mass is 10.1. The van der Waals surface area contributed by atoms with Crippen molar-refractivity contribution in [2.45, 2.75) is 51.1 Å². The van der Waals surface area contributed by atoms with Gasteiger partial charge >= 0.3 is 0 Å². The Morgan fingerprint density at radius 1 is 1.32 bits per heavy atom. The van der Waals surface area contributed by atoms with Gasteiger partial charge in [-0.2, -0.15) is 0 Å². The summed E-state index contributed by atoms with van der Waals surface area (Å²) in [5.74, 6) is 1.19. The summed E-state index contributed by atoms with van der Waals surface area (Å²) in [6, 6.07) is 6.72. The lowest BCUT2D eigenvalue weighted by Gasteiger charge is -2.29. The van der Waals surface area contributed by atoms with Crippen LogP contribution in [0.15, 0.2) is 18.2 Å². The second-order valence-electron chi connectivity index (χ2n) is 6.04. The summed E-state index contributed by atoms with van der Waals surface area (Å²) in [6.07, 6.45) is 6.15. The topological polar surface area (TPSA) is 55.6 Å². The Balaban J connectivity index is 0.00000176. The standard InChI is InChI=1S/C17H24N2O2.ClH/c18-9-7-17(20)19(15-3-1-2-4-15)12-13-5-6-16-14(11-13)8-10-21-16;/h5-6,11,15H,1-4,7-10,12,18H2;1H. The quantitative estimate of drug-likeness (QED) is 0.906. The molecule has 5 heteroatoms. The van der Waals surface area contributed by atoms with Gasteiger partial charge in [0.15, 0.2) is 0 Å². The van der Waals surface area contributed by atoms with Crippen LogP contribution in [0.4, 0.5) is 0 Å². The fourth-order valence-electron chi connectivity index (χ4n) is 3.44. The van der Waals surface area contributed by atoms with Gasteiger partial charge in [0.25, 0.3) is 0 Å². The zero-order valence-electron chi connectivity index (χ0n) is 12.9. The second-order valence-corrected chi connectivity index (χ2v) is 6.04. The van der Waals surface area contributed by atoms with E-state index in [9.17, 15) is 4.79 Å². The van der Waals surface area contributed by atoms with E-state index in [4.69, 9.17) is 10.5 Å². The number of fused-ring (bicyclic) bond motifs is 1. The zero-order chi connectivity index (χ0) is 14.7. The number of carbonyl (C=O) groups is 1. The van der Waals surface area contributed by atoms with Crippen LogP contribution >= 0.6 is 12.4 Å². The average molecular weight is 325 g/mol. The number of hydrogen-bond donors (Lipinski definition) is 1. The van der Waals surface area contributed by atoms with E-state index in [1.165, 1.54) is 24.0 Å². The summed E-state index contributed by atoms with van der Waals surface area (Å²) < 4.78 is 5.55. The predicted octanol–water partition coefficient (Wildman–Crippen LogP) is 2.66. The third-order valence-electron chi connectivity index (χ3n) is 4.55. The van der Waals surface area contributed by atoms with Crippen molar-refractivity contribution in [3.8, 4) is 5.75 Å². The van der Waals surface area contributed by atoms with Crippen LogP contribution in [0.3, 0.4) is 0 Å². The van der Waals surface area contributed by atoms with Gasteiger partial charge in [-0.15, -0.1) is 12.4 Å². The summed E-state index contributed by atoms with van der Waals surface area (Å²) in [5, 5.41) is 0. The van der Waals surface area contributed by atoms with E-state index in [0.29, 0.717) is 25.6 Å². The van der Waals surface area contributed by atoms with Crippen LogP contribution in [0.2, 0.25) is 0 Å². The molecule has 0 radical (unpaired) electrons. The highest BCUT2D eigenvalue weighted by atomic mass is 35.5. The molecule has 4 nitrogen and oxygen atoms in total. The van der Waals surface area contributed by atoms with Crippen LogP contribution in [0.5, 0.6) is 5.75 Å². The summed E-state index contributed by atoms with van der Waals surface area (Å²) in [7, 11) is 0. The minimum atomic E-state index is 0. The molecule has 1 saturated carbocycles. The largest absolute Gasteiger partial charge is 0.493 e. The predicted molar refractivity (Wildman–Crippen MR) is 89.4 cm³/mol. The molecule has 2 aliphatic rings. The normalized spacial score (nSPS) is 16.8. The molecule has 0 saturated heterocycles. The second kappa shape index (κ2) is 7.84. The molecule has 122 valence electrons. The van der Waals surface area contributed by atoms with Crippen molar-refractivity contribution in [1.29, 1.82) is 0 Å². The van der Waals surface area contributed by atoms with E-state index in [2.05, 4.69) is 17.0 Å². The number of ether oxygens (including phenoxy) is 1. The zero-order valence-corrected chi connectivity index (χ0v) is 13.7. The number of nitrogens with two attached hydrogens (primary N) is 1. The van der Waals surface area contributed by atoms with Crippen molar-refractivity contribution < 1.29 is 9.53 Å². The summed E-state index contributed by atoms with van der Waals surface area (Å²) in [4.78, 5) is 14.4. The van der Waals surface area contributed by atoms with Crippen LogP contribution in [-0.4, -0.2) is 30.0 Å². The van der Waals surface area contributed by atoms with Gasteiger partial charge in [0, 0.05) is 32.0 Å². The van der Waals surface area contributed by atoms with E-state index in [1.54, 1.807) is 0 Å². The molecule has 0 aromatic heterocycles. The lowest BCUT2D eigenvalue weighted by Crippen LogP contribution is -2.39. The van der Waals surface area contributed by atoms with Crippen molar-refractivity contribution in [3.05, 3.63) is 29.3 Å². The van der Waals surface area contributed by atoms with Gasteiger partial charge in [-0.3, -0.25) is 4.79 Å². The number of hydrogen-bond acceptors (Lipinski definition) is 3. The van der Waals surface area contributed by atoms with Crippen molar-refractivity contribution in [2.24, 2.45) is 5.73 Å². The van der Waals surface area contributed by atoms with Crippen LogP contribution in [0.25, 0.3) is 0 Å². The molecule has 2 N–H and O–H groups in total. The molecule has 0 unspecified atom stereocenters. The molecular formula is C17H25ClN2O2. The Labute approximate surface area is 138 Å². The number of amides is 1. The Hall–Kier alpha value is -1.26. The number of carbonyl (C=O) groups excluding carboxylic acids is 1. The van der Waals surface area contributed by atoms with Crippen LogP contribution in [0.1, 0.15) is 43.2 Å². The molecular weight excluding hydrogens is 300 g/mol. The first-order chi connectivity index (χ1) is 10.3. The van der Waals surface area contributed by atoms with E-state index in [-0.39, 0.29) is 18.3 Å². The van der Waals surface area contributed by atoms with Gasteiger partial charge in [0.1, 0.15) is 5.75 Å². The maximum absolute atomic E-state index is 12.4. The lowest BCUT2D eigenvalue weighted by molar-refractivity contribution is -0.133. The van der Waals surface area contributed by atoms with Crippen LogP contribution < -0.4 is 10.5 Å². The number of nitrogens with zero attached hydrogens (tertiary/aromatic N) is 1. The fourth-order valence-corrected chi connectivity index (χ4v) is 3.44. The molecule has 1 aromatic carbocycles. The van der Waals surface area contributed by atoms with Crippen LogP contribution in [0, 0.1) is 0 Å². The van der Waals surface area contributed by atoms with Crippen molar-refractivity contribution in [1.82, 2.24) is 4.90 Å². The van der Waals surface area contributed by atoms with Crippen LogP contribution in [-0.2, 0) is 17.8 Å². The van der Waals surface area contributed by atoms with Gasteiger partial charge in [-0.1, -0.05) is 25.0 Å². The van der Waals surface area contributed by atoms with E-state index in [1.807, 2.05) is 6.07 Å². The molecule has 3 rings (SSSR count). The molecule has 1 heterocycles. The Kier molecular flexibility index (Phi) is 6.09. The van der Waals surface area contributed by atoms with Gasteiger partial charge in [-0.05, 0) is 30.0 Å². The third-order valence-corrected chi connectivity index (χ3v) is 4.55. The SMILES string of the molecule is Cl.NCCC(=O)N(Cc1ccc2c(c1)CCO2)C1CCCC1. The fraction of sp³-hybridized carbons (Fsp3) is 0.588. The monoisotopic (exact) mass is 324 g/mol. The molecule has 22 heavy (non-hydrogen) atoms. The van der Waals surface area contributed by atoms with Crippen molar-refractivity contribution >= 4 is 18.3 Å². The first kappa shape index (κ1) is 17.1. The van der Waals surface area contributed by atoms with Gasteiger partial charge in [-0.25, -0.2) is 0 Å².